The maximum Gasteiger partial charge on any atom is 0.141 e. The predicted octanol–water partition coefficient (Wildman–Crippen LogP) is 0.349. The lowest BCUT2D eigenvalue weighted by Gasteiger charge is -2.15. The van der Waals surface area contributed by atoms with Gasteiger partial charge in [-0.3, -0.25) is 0 Å². The third-order valence-corrected chi connectivity index (χ3v) is 2.70. The van der Waals surface area contributed by atoms with Gasteiger partial charge in [-0.15, -0.1) is 0 Å². The van der Waals surface area contributed by atoms with Crippen molar-refractivity contribution in [1.29, 1.82) is 0 Å². The smallest absolute Gasteiger partial charge is 0.141 e. The van der Waals surface area contributed by atoms with Gasteiger partial charge in [0.2, 0.25) is 0 Å². The van der Waals surface area contributed by atoms with Gasteiger partial charge in [0.25, 0.3) is 0 Å². The zero-order valence-corrected chi connectivity index (χ0v) is 7.67. The molecule has 0 bridgehead atoms. The summed E-state index contributed by atoms with van der Waals surface area (Å²) in [5, 5.41) is 3.19. The normalized spacial score (nSPS) is 39.9. The Kier molecular flexibility index (Phi) is 3.14. The van der Waals surface area contributed by atoms with Gasteiger partial charge in [0, 0.05) is 13.2 Å². The van der Waals surface area contributed by atoms with Crippen LogP contribution in [0.3, 0.4) is 0 Å². The van der Waals surface area contributed by atoms with E-state index in [1.807, 2.05) is 0 Å². The molecule has 2 heterocycles. The second-order valence-corrected chi connectivity index (χ2v) is 3.80. The maximum atomic E-state index is 13.0. The Morgan fingerprint density at radius 1 is 1.23 bits per heavy atom. The van der Waals surface area contributed by atoms with E-state index in [0.717, 1.165) is 26.2 Å². The molecule has 0 aliphatic carbocycles. The fraction of sp³-hybridized carbons (Fsp3) is 1.00. The summed E-state index contributed by atoms with van der Waals surface area (Å²) >= 11 is 0. The molecule has 13 heavy (non-hydrogen) atoms. The van der Waals surface area contributed by atoms with Crippen LogP contribution in [0.25, 0.3) is 0 Å². The number of halogens is 1. The molecule has 4 heteroatoms. The molecule has 3 nitrogen and oxygen atoms in total. The van der Waals surface area contributed by atoms with Crippen LogP contribution in [-0.4, -0.2) is 45.2 Å². The fourth-order valence-electron chi connectivity index (χ4n) is 1.78. The van der Waals surface area contributed by atoms with Gasteiger partial charge in [-0.1, -0.05) is 0 Å². The lowest BCUT2D eigenvalue weighted by molar-refractivity contribution is 0.172. The van der Waals surface area contributed by atoms with E-state index in [-0.39, 0.29) is 12.6 Å². The topological polar surface area (TPSA) is 30.5 Å². The van der Waals surface area contributed by atoms with Crippen LogP contribution in [0.2, 0.25) is 0 Å². The Hall–Kier alpha value is -0.190. The number of ether oxygens (including phenoxy) is 2. The van der Waals surface area contributed by atoms with Crippen molar-refractivity contribution in [3.63, 3.8) is 0 Å². The first kappa shape index (κ1) is 9.37. The highest BCUT2D eigenvalue weighted by Gasteiger charge is 2.28. The minimum Gasteiger partial charge on any atom is -0.381 e. The molecular formula is C9H16FNO2. The molecule has 1 N–H and O–H groups in total. The van der Waals surface area contributed by atoms with Crippen molar-refractivity contribution < 1.29 is 13.9 Å². The van der Waals surface area contributed by atoms with Crippen LogP contribution >= 0.6 is 0 Å². The van der Waals surface area contributed by atoms with E-state index in [2.05, 4.69) is 5.32 Å². The van der Waals surface area contributed by atoms with Crippen LogP contribution in [-0.2, 0) is 9.47 Å². The lowest BCUT2D eigenvalue weighted by Crippen LogP contribution is -2.39. The summed E-state index contributed by atoms with van der Waals surface area (Å²) in [4.78, 5) is 0. The molecular weight excluding hydrogens is 173 g/mol. The predicted molar refractivity (Wildman–Crippen MR) is 46.4 cm³/mol. The third-order valence-electron chi connectivity index (χ3n) is 2.70. The molecule has 0 aromatic rings. The van der Waals surface area contributed by atoms with Gasteiger partial charge in [0.15, 0.2) is 0 Å². The average molecular weight is 189 g/mol. The van der Waals surface area contributed by atoms with Gasteiger partial charge in [-0.05, 0) is 12.3 Å². The minimum atomic E-state index is -0.831. The summed E-state index contributed by atoms with van der Waals surface area (Å²) < 4.78 is 23.3. The highest BCUT2D eigenvalue weighted by atomic mass is 19.1. The quantitative estimate of drug-likeness (QED) is 0.695. The molecule has 2 rings (SSSR count). The molecule has 0 aromatic carbocycles. The number of hydrogen-bond acceptors (Lipinski definition) is 3. The second kappa shape index (κ2) is 4.35. The lowest BCUT2D eigenvalue weighted by atomic mass is 10.1. The molecule has 2 fully saturated rings. The van der Waals surface area contributed by atoms with E-state index in [0.29, 0.717) is 12.5 Å². The Labute approximate surface area is 77.6 Å². The van der Waals surface area contributed by atoms with Crippen LogP contribution in [0.15, 0.2) is 0 Å². The first-order valence-electron chi connectivity index (χ1n) is 4.89. The van der Waals surface area contributed by atoms with Crippen LogP contribution in [0, 0.1) is 5.92 Å². The summed E-state index contributed by atoms with van der Waals surface area (Å²) in [5.74, 6) is 0.563. The zero-order valence-electron chi connectivity index (χ0n) is 7.67. The molecule has 2 aliphatic rings. The van der Waals surface area contributed by atoms with Crippen LogP contribution in [0.5, 0.6) is 0 Å². The van der Waals surface area contributed by atoms with E-state index in [9.17, 15) is 4.39 Å². The Morgan fingerprint density at radius 2 is 2.15 bits per heavy atom. The van der Waals surface area contributed by atoms with Crippen molar-refractivity contribution >= 4 is 0 Å². The van der Waals surface area contributed by atoms with Crippen molar-refractivity contribution in [1.82, 2.24) is 5.32 Å². The number of alkyl halides is 1. The SMILES string of the molecule is FC1COCC1NCC1CCOC1. The van der Waals surface area contributed by atoms with Gasteiger partial charge >= 0.3 is 0 Å². The van der Waals surface area contributed by atoms with Crippen molar-refractivity contribution in [3.05, 3.63) is 0 Å². The molecule has 0 aromatic heterocycles. The largest absolute Gasteiger partial charge is 0.381 e. The summed E-state index contributed by atoms with van der Waals surface area (Å²) in [7, 11) is 0. The molecule has 2 saturated heterocycles. The van der Waals surface area contributed by atoms with Gasteiger partial charge in [0.1, 0.15) is 6.17 Å². The monoisotopic (exact) mass is 189 g/mol. The molecule has 76 valence electrons. The van der Waals surface area contributed by atoms with E-state index >= 15 is 0 Å². The summed E-state index contributed by atoms with van der Waals surface area (Å²) in [6, 6.07) is -0.0967. The molecule has 0 amide bonds. The van der Waals surface area contributed by atoms with Crippen molar-refractivity contribution in [3.8, 4) is 0 Å². The molecule has 3 atom stereocenters. The van der Waals surface area contributed by atoms with Crippen LogP contribution in [0.1, 0.15) is 6.42 Å². The van der Waals surface area contributed by atoms with E-state index in [1.54, 1.807) is 0 Å². The van der Waals surface area contributed by atoms with Crippen LogP contribution in [0.4, 0.5) is 4.39 Å². The summed E-state index contributed by atoms with van der Waals surface area (Å²) in [6.07, 6.45) is 0.264. The fourth-order valence-corrected chi connectivity index (χ4v) is 1.78. The van der Waals surface area contributed by atoms with E-state index in [1.165, 1.54) is 0 Å². The third kappa shape index (κ3) is 2.39. The highest BCUT2D eigenvalue weighted by Crippen LogP contribution is 2.13. The molecule has 3 unspecified atom stereocenters. The average Bonchev–Trinajstić information content (AvgIpc) is 2.72. The summed E-state index contributed by atoms with van der Waals surface area (Å²) in [6.45, 7) is 3.28. The highest BCUT2D eigenvalue weighted by molar-refractivity contribution is 4.82. The van der Waals surface area contributed by atoms with Gasteiger partial charge in [-0.25, -0.2) is 4.39 Å². The van der Waals surface area contributed by atoms with Gasteiger partial charge in [-0.2, -0.15) is 0 Å². The van der Waals surface area contributed by atoms with E-state index < -0.39 is 6.17 Å². The number of rotatable bonds is 3. The minimum absolute atomic E-state index is 0.0967. The maximum absolute atomic E-state index is 13.0. The van der Waals surface area contributed by atoms with Crippen molar-refractivity contribution in [2.45, 2.75) is 18.6 Å². The number of hydrogen-bond donors (Lipinski definition) is 1. The van der Waals surface area contributed by atoms with Crippen LogP contribution < -0.4 is 5.32 Å². The Bertz CT molecular complexity index is 162. The summed E-state index contributed by atoms with van der Waals surface area (Å²) in [5.41, 5.74) is 0. The zero-order chi connectivity index (χ0) is 9.10. The Morgan fingerprint density at radius 3 is 2.77 bits per heavy atom. The van der Waals surface area contributed by atoms with Crippen molar-refractivity contribution in [2.24, 2.45) is 5.92 Å². The molecule has 0 radical (unpaired) electrons. The molecule has 2 aliphatic heterocycles. The first-order valence-corrected chi connectivity index (χ1v) is 4.89. The molecule has 0 saturated carbocycles. The van der Waals surface area contributed by atoms with Gasteiger partial charge in [0.05, 0.1) is 25.9 Å². The first-order chi connectivity index (χ1) is 6.36. The number of nitrogens with one attached hydrogen (secondary N) is 1. The second-order valence-electron chi connectivity index (χ2n) is 3.80. The standard InChI is InChI=1S/C9H16FNO2/c10-8-5-13-6-9(8)11-3-7-1-2-12-4-7/h7-9,11H,1-6H2. The van der Waals surface area contributed by atoms with Gasteiger partial charge < -0.3 is 14.8 Å². The Balaban J connectivity index is 1.66. The molecule has 0 spiro atoms. The van der Waals surface area contributed by atoms with E-state index in [4.69, 9.17) is 9.47 Å². The van der Waals surface area contributed by atoms with Crippen molar-refractivity contribution in [2.75, 3.05) is 33.0 Å².